The van der Waals surface area contributed by atoms with Crippen molar-refractivity contribution in [2.75, 3.05) is 18.5 Å². The topological polar surface area (TPSA) is 73.9 Å². The molecule has 2 aliphatic rings. The first kappa shape index (κ1) is 18.8. The van der Waals surface area contributed by atoms with Gasteiger partial charge < -0.3 is 19.5 Å². The molecule has 1 aliphatic heterocycles. The molecule has 0 spiro atoms. The summed E-state index contributed by atoms with van der Waals surface area (Å²) in [4.78, 5) is 26.6. The Bertz CT molecular complexity index is 906. The summed E-state index contributed by atoms with van der Waals surface area (Å²) in [6.45, 7) is 4.40. The Kier molecular flexibility index (Phi) is 5.26. The van der Waals surface area contributed by atoms with E-state index in [0.29, 0.717) is 34.6 Å². The first-order valence-electron chi connectivity index (χ1n) is 9.57. The van der Waals surface area contributed by atoms with Crippen LogP contribution >= 0.6 is 11.3 Å². The molecule has 148 valence electrons. The van der Waals surface area contributed by atoms with Crippen molar-refractivity contribution in [3.8, 4) is 11.5 Å². The summed E-state index contributed by atoms with van der Waals surface area (Å²) in [5, 5.41) is 3.44. The van der Waals surface area contributed by atoms with Gasteiger partial charge in [0.15, 0.2) is 11.5 Å². The maximum absolute atomic E-state index is 12.8. The number of hydrogen-bond donors (Lipinski definition) is 1. The minimum Gasteiger partial charge on any atom is -0.485 e. The molecule has 1 amide bonds. The lowest BCUT2D eigenvalue weighted by atomic mass is 9.88. The van der Waals surface area contributed by atoms with E-state index >= 15 is 0 Å². The largest absolute Gasteiger partial charge is 0.485 e. The number of carbonyl (C=O) groups is 2. The molecule has 1 aromatic heterocycles. The van der Waals surface area contributed by atoms with Crippen molar-refractivity contribution in [3.63, 3.8) is 0 Å². The Labute approximate surface area is 167 Å². The number of carbonyl (C=O) groups excluding carboxylic acids is 2. The van der Waals surface area contributed by atoms with Crippen molar-refractivity contribution in [1.29, 1.82) is 0 Å². The van der Waals surface area contributed by atoms with Crippen molar-refractivity contribution in [2.24, 2.45) is 5.92 Å². The second-order valence-electron chi connectivity index (χ2n) is 7.13. The van der Waals surface area contributed by atoms with Crippen molar-refractivity contribution in [2.45, 2.75) is 39.2 Å². The van der Waals surface area contributed by atoms with Crippen LogP contribution in [-0.4, -0.2) is 31.2 Å². The molecule has 4 rings (SSSR count). The molecule has 2 aromatic rings. The molecular weight excluding hydrogens is 378 g/mol. The number of thiophene rings is 1. The highest BCUT2D eigenvalue weighted by Crippen LogP contribution is 2.40. The first-order valence-corrected chi connectivity index (χ1v) is 10.4. The zero-order valence-electron chi connectivity index (χ0n) is 15.9. The quantitative estimate of drug-likeness (QED) is 0.789. The van der Waals surface area contributed by atoms with Crippen LogP contribution in [0.5, 0.6) is 11.5 Å². The number of amides is 1. The number of rotatable bonds is 4. The highest BCUT2D eigenvalue weighted by atomic mass is 32.1. The van der Waals surface area contributed by atoms with Gasteiger partial charge in [-0.2, -0.15) is 0 Å². The number of para-hydroxylation sites is 2. The number of esters is 1. The summed E-state index contributed by atoms with van der Waals surface area (Å²) in [5.74, 6) is 1.03. The molecule has 0 bridgehead atoms. The van der Waals surface area contributed by atoms with Crippen molar-refractivity contribution < 1.29 is 23.8 Å². The van der Waals surface area contributed by atoms with Gasteiger partial charge in [0.05, 0.1) is 12.2 Å². The van der Waals surface area contributed by atoms with Gasteiger partial charge in [-0.05, 0) is 49.8 Å². The molecule has 7 heteroatoms. The van der Waals surface area contributed by atoms with Crippen LogP contribution in [0.2, 0.25) is 0 Å². The molecule has 6 nitrogen and oxygen atoms in total. The fourth-order valence-electron chi connectivity index (χ4n) is 3.60. The molecule has 0 radical (unpaired) electrons. The third-order valence-corrected chi connectivity index (χ3v) is 6.20. The Balaban J connectivity index is 1.57. The third-order valence-electron chi connectivity index (χ3n) is 5.03. The summed E-state index contributed by atoms with van der Waals surface area (Å²) < 4.78 is 16.7. The van der Waals surface area contributed by atoms with Gasteiger partial charge in [-0.25, -0.2) is 4.79 Å². The lowest BCUT2D eigenvalue weighted by molar-refractivity contribution is -0.125. The monoisotopic (exact) mass is 401 g/mol. The standard InChI is InChI=1S/C21H23NO5S/c1-3-25-21(24)18-13-9-8-12(2)10-17(13)28-20(18)22-19(23)16-11-26-14-6-4-5-7-15(14)27-16/h4-7,12,16H,3,8-11H2,1-2H3,(H,22,23)/t12-,16+/m1/s1. The molecule has 2 atom stereocenters. The third kappa shape index (κ3) is 3.58. The van der Waals surface area contributed by atoms with Crippen LogP contribution in [-0.2, 0) is 22.4 Å². The zero-order valence-corrected chi connectivity index (χ0v) is 16.8. The van der Waals surface area contributed by atoms with Gasteiger partial charge in [-0.1, -0.05) is 19.1 Å². The average molecular weight is 401 g/mol. The summed E-state index contributed by atoms with van der Waals surface area (Å²) in [6.07, 6.45) is 1.99. The number of hydrogen-bond acceptors (Lipinski definition) is 6. The van der Waals surface area contributed by atoms with Gasteiger partial charge in [0.2, 0.25) is 6.10 Å². The van der Waals surface area contributed by atoms with Crippen molar-refractivity contribution >= 4 is 28.2 Å². The van der Waals surface area contributed by atoms with Crippen LogP contribution in [0.3, 0.4) is 0 Å². The fraction of sp³-hybridized carbons (Fsp3) is 0.429. The van der Waals surface area contributed by atoms with Crippen LogP contribution < -0.4 is 14.8 Å². The molecular formula is C21H23NO5S. The Morgan fingerprint density at radius 3 is 2.86 bits per heavy atom. The number of fused-ring (bicyclic) bond motifs is 2. The van der Waals surface area contributed by atoms with Crippen LogP contribution in [0.25, 0.3) is 0 Å². The SMILES string of the molecule is CCOC(=O)c1c(NC(=O)[C@@H]2COc3ccccc3O2)sc2c1CC[C@@H](C)C2. The van der Waals surface area contributed by atoms with E-state index in [-0.39, 0.29) is 18.5 Å². The highest BCUT2D eigenvalue weighted by molar-refractivity contribution is 7.17. The van der Waals surface area contributed by atoms with E-state index in [2.05, 4.69) is 12.2 Å². The molecule has 1 aliphatic carbocycles. The number of anilines is 1. The minimum absolute atomic E-state index is 0.125. The van der Waals surface area contributed by atoms with E-state index in [1.807, 2.05) is 12.1 Å². The fourth-order valence-corrected chi connectivity index (χ4v) is 5.00. The van der Waals surface area contributed by atoms with Gasteiger partial charge in [0.25, 0.3) is 5.91 Å². The molecule has 1 N–H and O–H groups in total. The van der Waals surface area contributed by atoms with E-state index < -0.39 is 6.10 Å². The van der Waals surface area contributed by atoms with E-state index in [9.17, 15) is 9.59 Å². The summed E-state index contributed by atoms with van der Waals surface area (Å²) in [7, 11) is 0. The maximum atomic E-state index is 12.8. The van der Waals surface area contributed by atoms with E-state index in [0.717, 1.165) is 29.7 Å². The smallest absolute Gasteiger partial charge is 0.341 e. The second kappa shape index (κ2) is 7.83. The molecule has 0 saturated carbocycles. The first-order chi connectivity index (χ1) is 13.6. The Morgan fingerprint density at radius 2 is 2.07 bits per heavy atom. The molecule has 0 unspecified atom stereocenters. The second-order valence-corrected chi connectivity index (χ2v) is 8.24. The van der Waals surface area contributed by atoms with Gasteiger partial charge in [-0.3, -0.25) is 4.79 Å². The number of nitrogens with one attached hydrogen (secondary N) is 1. The number of benzene rings is 1. The predicted octanol–water partition coefficient (Wildman–Crippen LogP) is 3.83. The van der Waals surface area contributed by atoms with Gasteiger partial charge in [-0.15, -0.1) is 11.3 Å². The summed E-state index contributed by atoms with van der Waals surface area (Å²) in [5.41, 5.74) is 1.52. The van der Waals surface area contributed by atoms with Crippen molar-refractivity contribution in [1.82, 2.24) is 0 Å². The minimum atomic E-state index is -0.775. The molecule has 28 heavy (non-hydrogen) atoms. The molecule has 2 heterocycles. The van der Waals surface area contributed by atoms with Crippen LogP contribution in [0.15, 0.2) is 24.3 Å². The Hall–Kier alpha value is -2.54. The van der Waals surface area contributed by atoms with Crippen molar-refractivity contribution in [3.05, 3.63) is 40.3 Å². The Morgan fingerprint density at radius 1 is 1.29 bits per heavy atom. The lowest BCUT2D eigenvalue weighted by Gasteiger charge is -2.25. The van der Waals surface area contributed by atoms with E-state index in [4.69, 9.17) is 14.2 Å². The summed E-state index contributed by atoms with van der Waals surface area (Å²) in [6, 6.07) is 7.25. The van der Waals surface area contributed by atoms with Crippen LogP contribution in [0.4, 0.5) is 5.00 Å². The van der Waals surface area contributed by atoms with E-state index in [1.54, 1.807) is 19.1 Å². The van der Waals surface area contributed by atoms with Gasteiger partial charge in [0.1, 0.15) is 11.6 Å². The zero-order chi connectivity index (χ0) is 19.7. The van der Waals surface area contributed by atoms with Crippen LogP contribution in [0, 0.1) is 5.92 Å². The molecule has 1 aromatic carbocycles. The molecule has 0 saturated heterocycles. The predicted molar refractivity (Wildman–Crippen MR) is 106 cm³/mol. The van der Waals surface area contributed by atoms with Gasteiger partial charge >= 0.3 is 5.97 Å². The summed E-state index contributed by atoms with van der Waals surface area (Å²) >= 11 is 1.47. The number of ether oxygens (including phenoxy) is 3. The average Bonchev–Trinajstić information content (AvgIpc) is 3.04. The highest BCUT2D eigenvalue weighted by Gasteiger charge is 2.32. The van der Waals surface area contributed by atoms with Crippen LogP contribution in [0.1, 0.15) is 41.1 Å². The molecule has 0 fully saturated rings. The normalized spacial score (nSPS) is 20.2. The van der Waals surface area contributed by atoms with E-state index in [1.165, 1.54) is 11.3 Å². The van der Waals surface area contributed by atoms with Gasteiger partial charge in [0, 0.05) is 4.88 Å². The lowest BCUT2D eigenvalue weighted by Crippen LogP contribution is -2.40. The maximum Gasteiger partial charge on any atom is 0.341 e.